The summed E-state index contributed by atoms with van der Waals surface area (Å²) in [5.74, 6) is 2.89. The first-order valence-corrected chi connectivity index (χ1v) is 8.41. The van der Waals surface area contributed by atoms with Crippen LogP contribution in [0.2, 0.25) is 0 Å². The Morgan fingerprint density at radius 3 is 3.09 bits per heavy atom. The summed E-state index contributed by atoms with van der Waals surface area (Å²) in [5.41, 5.74) is 0. The third kappa shape index (κ3) is 3.76. The van der Waals surface area contributed by atoms with Gasteiger partial charge in [0.15, 0.2) is 11.8 Å². The third-order valence-electron chi connectivity index (χ3n) is 4.18. The van der Waals surface area contributed by atoms with E-state index in [1.807, 2.05) is 0 Å². The summed E-state index contributed by atoms with van der Waals surface area (Å²) < 4.78 is 7.85. The molecule has 0 amide bonds. The van der Waals surface area contributed by atoms with Crippen LogP contribution in [0.4, 0.5) is 0 Å². The molecule has 7 heteroatoms. The Morgan fingerprint density at radius 2 is 2.27 bits per heavy atom. The van der Waals surface area contributed by atoms with Crippen LogP contribution in [0.3, 0.4) is 0 Å². The minimum atomic E-state index is 0.310. The minimum Gasteiger partial charge on any atom is -0.376 e. The number of ether oxygens (including phenoxy) is 1. The van der Waals surface area contributed by atoms with Crippen molar-refractivity contribution in [1.82, 2.24) is 25.4 Å². The lowest BCUT2D eigenvalue weighted by Crippen LogP contribution is -2.41. The summed E-state index contributed by atoms with van der Waals surface area (Å²) in [4.78, 5) is 4.64. The Bertz CT molecular complexity index is 506. The van der Waals surface area contributed by atoms with Crippen LogP contribution in [0, 0.1) is 0 Å². The van der Waals surface area contributed by atoms with E-state index in [9.17, 15) is 0 Å². The highest BCUT2D eigenvalue weighted by Crippen LogP contribution is 2.14. The summed E-state index contributed by atoms with van der Waals surface area (Å²) in [6.07, 6.45) is 6.06. The monoisotopic (exact) mass is 306 g/mol. The van der Waals surface area contributed by atoms with Gasteiger partial charge in [0.25, 0.3) is 0 Å². The lowest BCUT2D eigenvalue weighted by atomic mass is 10.2. The number of rotatable bonds is 5. The van der Waals surface area contributed by atoms with Crippen molar-refractivity contribution in [2.45, 2.75) is 58.2 Å². The van der Waals surface area contributed by atoms with Crippen molar-refractivity contribution in [2.75, 3.05) is 19.7 Å². The highest BCUT2D eigenvalue weighted by atomic mass is 16.5. The van der Waals surface area contributed by atoms with Crippen LogP contribution in [-0.4, -0.2) is 46.5 Å². The van der Waals surface area contributed by atoms with Gasteiger partial charge in [-0.05, 0) is 32.6 Å². The number of aliphatic imine (C=N–C) groups is 1. The molecule has 2 N–H and O–H groups in total. The number of nitrogens with one attached hydrogen (secondary N) is 2. The molecule has 0 spiro atoms. The van der Waals surface area contributed by atoms with E-state index in [1.54, 1.807) is 0 Å². The largest absolute Gasteiger partial charge is 0.376 e. The molecule has 3 rings (SSSR count). The van der Waals surface area contributed by atoms with E-state index >= 15 is 0 Å². The van der Waals surface area contributed by atoms with Gasteiger partial charge in [0.05, 0.1) is 6.10 Å². The quantitative estimate of drug-likeness (QED) is 0.623. The second-order valence-corrected chi connectivity index (χ2v) is 5.85. The molecule has 1 unspecified atom stereocenters. The normalized spacial score (nSPS) is 21.7. The predicted octanol–water partition coefficient (Wildman–Crippen LogP) is 0.848. The molecule has 2 aliphatic heterocycles. The van der Waals surface area contributed by atoms with Gasteiger partial charge in [0.1, 0.15) is 12.4 Å². The molecule has 1 atom stereocenters. The molecule has 22 heavy (non-hydrogen) atoms. The Kier molecular flexibility index (Phi) is 5.26. The average molecular weight is 306 g/mol. The molecule has 1 aromatic heterocycles. The first-order valence-electron chi connectivity index (χ1n) is 8.41. The van der Waals surface area contributed by atoms with E-state index in [0.717, 1.165) is 63.1 Å². The molecule has 7 nitrogen and oxygen atoms in total. The van der Waals surface area contributed by atoms with E-state index in [1.165, 1.54) is 12.8 Å². The zero-order chi connectivity index (χ0) is 15.2. The Morgan fingerprint density at radius 1 is 1.32 bits per heavy atom. The van der Waals surface area contributed by atoms with Crippen molar-refractivity contribution in [1.29, 1.82) is 0 Å². The highest BCUT2D eigenvalue weighted by molar-refractivity contribution is 5.79. The second kappa shape index (κ2) is 7.58. The van der Waals surface area contributed by atoms with Crippen LogP contribution in [0.15, 0.2) is 4.99 Å². The minimum absolute atomic E-state index is 0.310. The fourth-order valence-electron chi connectivity index (χ4n) is 2.99. The topological polar surface area (TPSA) is 76.4 Å². The molecule has 1 fully saturated rings. The summed E-state index contributed by atoms with van der Waals surface area (Å²) in [7, 11) is 0. The number of hydrogen-bond donors (Lipinski definition) is 2. The van der Waals surface area contributed by atoms with Crippen molar-refractivity contribution in [2.24, 2.45) is 4.99 Å². The number of guanidine groups is 1. The van der Waals surface area contributed by atoms with Crippen molar-refractivity contribution in [3.8, 4) is 0 Å². The van der Waals surface area contributed by atoms with Gasteiger partial charge in [0.2, 0.25) is 0 Å². The summed E-state index contributed by atoms with van der Waals surface area (Å²) in [5, 5.41) is 15.2. The molecule has 3 heterocycles. The first kappa shape index (κ1) is 15.3. The Labute approximate surface area is 131 Å². The van der Waals surface area contributed by atoms with Gasteiger partial charge >= 0.3 is 0 Å². The molecule has 2 aliphatic rings. The predicted molar refractivity (Wildman–Crippen MR) is 84.8 cm³/mol. The second-order valence-electron chi connectivity index (χ2n) is 5.85. The van der Waals surface area contributed by atoms with Crippen LogP contribution in [0.25, 0.3) is 0 Å². The van der Waals surface area contributed by atoms with E-state index in [2.05, 4.69) is 37.3 Å². The maximum atomic E-state index is 5.63. The lowest BCUT2D eigenvalue weighted by molar-refractivity contribution is 0.114. The van der Waals surface area contributed by atoms with Gasteiger partial charge in [0, 0.05) is 32.7 Å². The lowest BCUT2D eigenvalue weighted by Gasteiger charge is -2.16. The van der Waals surface area contributed by atoms with Gasteiger partial charge < -0.3 is 19.9 Å². The Hall–Kier alpha value is -1.63. The number of aryl methyl sites for hydroxylation is 1. The van der Waals surface area contributed by atoms with Crippen molar-refractivity contribution < 1.29 is 4.74 Å². The number of fused-ring (bicyclic) bond motifs is 1. The maximum absolute atomic E-state index is 5.63. The average Bonchev–Trinajstić information content (AvgIpc) is 3.20. The molecule has 1 saturated heterocycles. The van der Waals surface area contributed by atoms with E-state index < -0.39 is 0 Å². The van der Waals surface area contributed by atoms with Crippen molar-refractivity contribution >= 4 is 5.96 Å². The van der Waals surface area contributed by atoms with Crippen molar-refractivity contribution in [3.63, 3.8) is 0 Å². The number of hydrogen-bond acceptors (Lipinski definition) is 4. The summed E-state index contributed by atoms with van der Waals surface area (Å²) in [6.45, 7) is 6.19. The van der Waals surface area contributed by atoms with Gasteiger partial charge in [-0.3, -0.25) is 0 Å². The number of nitrogens with zero attached hydrogens (tertiary/aromatic N) is 4. The van der Waals surface area contributed by atoms with Crippen LogP contribution in [0.5, 0.6) is 0 Å². The fraction of sp³-hybridized carbons (Fsp3) is 0.800. The van der Waals surface area contributed by atoms with Crippen LogP contribution < -0.4 is 10.6 Å². The van der Waals surface area contributed by atoms with Gasteiger partial charge in [-0.2, -0.15) is 0 Å². The van der Waals surface area contributed by atoms with Crippen LogP contribution in [-0.2, 0) is 24.2 Å². The Balaban J connectivity index is 1.58. The van der Waals surface area contributed by atoms with Gasteiger partial charge in [-0.25, -0.2) is 4.99 Å². The molecular weight excluding hydrogens is 280 g/mol. The molecular formula is C15H26N6O. The zero-order valence-electron chi connectivity index (χ0n) is 13.3. The van der Waals surface area contributed by atoms with E-state index in [-0.39, 0.29) is 0 Å². The fourth-order valence-corrected chi connectivity index (χ4v) is 2.99. The molecule has 0 aromatic carbocycles. The molecule has 122 valence electrons. The van der Waals surface area contributed by atoms with Crippen LogP contribution in [0.1, 0.15) is 44.3 Å². The standard InChI is InChI=1S/C15H26N6O/c1-2-16-15(17-10-12-6-5-9-22-12)18-11-14-20-19-13-7-3-4-8-21(13)14/h12H,2-11H2,1H3,(H2,16,17,18). The van der Waals surface area contributed by atoms with Gasteiger partial charge in [-0.15, -0.1) is 10.2 Å². The molecule has 0 bridgehead atoms. The first-order chi connectivity index (χ1) is 10.9. The molecule has 0 radical (unpaired) electrons. The maximum Gasteiger partial charge on any atom is 0.191 e. The van der Waals surface area contributed by atoms with E-state index in [0.29, 0.717) is 12.6 Å². The smallest absolute Gasteiger partial charge is 0.191 e. The van der Waals surface area contributed by atoms with Crippen LogP contribution >= 0.6 is 0 Å². The van der Waals surface area contributed by atoms with Gasteiger partial charge in [-0.1, -0.05) is 0 Å². The molecule has 0 saturated carbocycles. The zero-order valence-corrected chi connectivity index (χ0v) is 13.3. The number of aromatic nitrogens is 3. The van der Waals surface area contributed by atoms with E-state index in [4.69, 9.17) is 4.74 Å². The molecule has 0 aliphatic carbocycles. The summed E-state index contributed by atoms with van der Waals surface area (Å²) in [6, 6.07) is 0. The van der Waals surface area contributed by atoms with Crippen molar-refractivity contribution in [3.05, 3.63) is 11.6 Å². The SMILES string of the molecule is CCNC(=NCc1nnc2n1CCCC2)NCC1CCCO1. The molecule has 1 aromatic rings. The third-order valence-corrected chi connectivity index (χ3v) is 4.18. The highest BCUT2D eigenvalue weighted by Gasteiger charge is 2.17. The summed E-state index contributed by atoms with van der Waals surface area (Å²) >= 11 is 0.